The van der Waals surface area contributed by atoms with E-state index in [1.54, 1.807) is 12.1 Å². The van der Waals surface area contributed by atoms with E-state index in [1.807, 2.05) is 0 Å². The maximum absolute atomic E-state index is 12.2. The Morgan fingerprint density at radius 3 is 2.86 bits per heavy atom. The maximum atomic E-state index is 12.2. The number of nitrogens with two attached hydrogens (primary N) is 1. The van der Waals surface area contributed by atoms with Crippen molar-refractivity contribution in [1.82, 2.24) is 10.6 Å². The normalized spacial score (nSPS) is 21.5. The second kappa shape index (κ2) is 9.47. The van der Waals surface area contributed by atoms with Gasteiger partial charge in [-0.25, -0.2) is 0 Å². The molecule has 1 amide bonds. The van der Waals surface area contributed by atoms with Crippen molar-refractivity contribution in [3.8, 4) is 0 Å². The number of halogens is 2. The summed E-state index contributed by atoms with van der Waals surface area (Å²) >= 11 is 7.01. The fourth-order valence-electron chi connectivity index (χ4n) is 2.45. The molecule has 22 heavy (non-hydrogen) atoms. The van der Waals surface area contributed by atoms with Crippen molar-refractivity contribution >= 4 is 47.0 Å². The second-order valence-corrected chi connectivity index (χ2v) is 6.87. The minimum Gasteiger partial charge on any atom is -0.351 e. The van der Waals surface area contributed by atoms with E-state index in [0.717, 1.165) is 25.8 Å². The van der Waals surface area contributed by atoms with Gasteiger partial charge in [0, 0.05) is 18.9 Å². The number of nitrogens with one attached hydrogen (secondary N) is 2. The van der Waals surface area contributed by atoms with Crippen LogP contribution in [-0.2, 0) is 4.79 Å². The SMILES string of the molecule is Cl.NC1NCCCC[C@@H]1C(=O)CCNC(=O)c1ccc(Cl)s1. The van der Waals surface area contributed by atoms with Gasteiger partial charge in [0.15, 0.2) is 0 Å². The molecular weight excluding hydrogens is 345 g/mol. The highest BCUT2D eigenvalue weighted by molar-refractivity contribution is 7.17. The largest absolute Gasteiger partial charge is 0.351 e. The van der Waals surface area contributed by atoms with Crippen LogP contribution in [0.25, 0.3) is 0 Å². The van der Waals surface area contributed by atoms with Gasteiger partial charge in [-0.3, -0.25) is 9.59 Å². The smallest absolute Gasteiger partial charge is 0.261 e. The molecule has 1 aliphatic heterocycles. The van der Waals surface area contributed by atoms with Crippen LogP contribution in [0.3, 0.4) is 0 Å². The minimum absolute atomic E-state index is 0. The first kappa shape index (κ1) is 19.4. The van der Waals surface area contributed by atoms with Crippen LogP contribution in [0.2, 0.25) is 4.34 Å². The Labute approximate surface area is 145 Å². The zero-order valence-corrected chi connectivity index (χ0v) is 14.5. The number of thiophene rings is 1. The Balaban J connectivity index is 0.00000242. The van der Waals surface area contributed by atoms with Gasteiger partial charge in [-0.1, -0.05) is 18.0 Å². The minimum atomic E-state index is -0.271. The number of rotatable bonds is 5. The predicted octanol–water partition coefficient (Wildman–Crippen LogP) is 2.19. The molecule has 8 heteroatoms. The molecule has 4 N–H and O–H groups in total. The Morgan fingerprint density at radius 1 is 1.41 bits per heavy atom. The monoisotopic (exact) mass is 365 g/mol. The Hall–Kier alpha value is -0.660. The van der Waals surface area contributed by atoms with Crippen LogP contribution in [0.1, 0.15) is 35.4 Å². The third kappa shape index (κ3) is 5.52. The second-order valence-electron chi connectivity index (χ2n) is 5.16. The fraction of sp³-hybridized carbons (Fsp3) is 0.571. The van der Waals surface area contributed by atoms with Gasteiger partial charge in [-0.2, -0.15) is 0 Å². The molecule has 1 fully saturated rings. The molecule has 2 heterocycles. The van der Waals surface area contributed by atoms with Crippen molar-refractivity contribution in [2.45, 2.75) is 31.8 Å². The van der Waals surface area contributed by atoms with Gasteiger partial charge in [0.1, 0.15) is 5.78 Å². The van der Waals surface area contributed by atoms with E-state index in [0.29, 0.717) is 22.2 Å². The van der Waals surface area contributed by atoms with Gasteiger partial charge in [0.2, 0.25) is 0 Å². The van der Waals surface area contributed by atoms with Crippen LogP contribution in [-0.4, -0.2) is 30.9 Å². The van der Waals surface area contributed by atoms with Gasteiger partial charge in [-0.15, -0.1) is 23.7 Å². The first-order chi connectivity index (χ1) is 10.1. The molecule has 124 valence electrons. The molecule has 0 spiro atoms. The number of hydrogen-bond acceptors (Lipinski definition) is 5. The fourth-order valence-corrected chi connectivity index (χ4v) is 3.41. The van der Waals surface area contributed by atoms with Crippen LogP contribution in [0.4, 0.5) is 0 Å². The van der Waals surface area contributed by atoms with Gasteiger partial charge < -0.3 is 16.4 Å². The van der Waals surface area contributed by atoms with Crippen LogP contribution in [0.15, 0.2) is 12.1 Å². The zero-order chi connectivity index (χ0) is 15.2. The van der Waals surface area contributed by atoms with E-state index in [9.17, 15) is 9.59 Å². The van der Waals surface area contributed by atoms with Gasteiger partial charge >= 0.3 is 0 Å². The van der Waals surface area contributed by atoms with E-state index in [1.165, 1.54) is 11.3 Å². The third-order valence-corrected chi connectivity index (χ3v) is 4.85. The molecule has 0 saturated carbocycles. The van der Waals surface area contributed by atoms with E-state index in [4.69, 9.17) is 17.3 Å². The van der Waals surface area contributed by atoms with Gasteiger partial charge in [0.05, 0.1) is 15.4 Å². The summed E-state index contributed by atoms with van der Waals surface area (Å²) in [4.78, 5) is 24.6. The van der Waals surface area contributed by atoms with Crippen LogP contribution >= 0.6 is 35.3 Å². The number of carbonyl (C=O) groups is 2. The lowest BCUT2D eigenvalue weighted by molar-refractivity contribution is -0.123. The highest BCUT2D eigenvalue weighted by Crippen LogP contribution is 2.21. The number of hydrogen-bond donors (Lipinski definition) is 3. The summed E-state index contributed by atoms with van der Waals surface area (Å²) in [6.07, 6.45) is 2.92. The molecule has 0 aromatic carbocycles. The summed E-state index contributed by atoms with van der Waals surface area (Å²) in [6.45, 7) is 1.19. The summed E-state index contributed by atoms with van der Waals surface area (Å²) in [7, 11) is 0. The first-order valence-corrected chi connectivity index (χ1v) is 8.32. The topological polar surface area (TPSA) is 84.2 Å². The number of carbonyl (C=O) groups excluding carboxylic acids is 2. The molecule has 2 rings (SSSR count). The Morgan fingerprint density at radius 2 is 2.18 bits per heavy atom. The summed E-state index contributed by atoms with van der Waals surface area (Å²) in [5.41, 5.74) is 5.97. The molecule has 0 radical (unpaired) electrons. The zero-order valence-electron chi connectivity index (χ0n) is 12.1. The average Bonchev–Trinajstić information content (AvgIpc) is 2.77. The summed E-state index contributed by atoms with van der Waals surface area (Å²) in [5.74, 6) is -0.231. The number of ketones is 1. The molecule has 5 nitrogen and oxygen atoms in total. The van der Waals surface area contributed by atoms with Crippen molar-refractivity contribution in [1.29, 1.82) is 0 Å². The van der Waals surface area contributed by atoms with Crippen LogP contribution in [0, 0.1) is 5.92 Å². The lowest BCUT2D eigenvalue weighted by Crippen LogP contribution is -2.46. The van der Waals surface area contributed by atoms with Crippen molar-refractivity contribution in [3.63, 3.8) is 0 Å². The maximum Gasteiger partial charge on any atom is 0.261 e. The van der Waals surface area contributed by atoms with Crippen molar-refractivity contribution in [2.75, 3.05) is 13.1 Å². The highest BCUT2D eigenvalue weighted by atomic mass is 35.5. The first-order valence-electron chi connectivity index (χ1n) is 7.13. The quantitative estimate of drug-likeness (QED) is 0.746. The Bertz CT molecular complexity index is 510. The molecule has 1 aliphatic rings. The van der Waals surface area contributed by atoms with Crippen molar-refractivity contribution < 1.29 is 9.59 Å². The van der Waals surface area contributed by atoms with Gasteiger partial charge in [-0.05, 0) is 31.5 Å². The van der Waals surface area contributed by atoms with Crippen molar-refractivity contribution in [2.24, 2.45) is 11.7 Å². The van der Waals surface area contributed by atoms with E-state index >= 15 is 0 Å². The number of amides is 1. The predicted molar refractivity (Wildman–Crippen MR) is 91.9 cm³/mol. The lowest BCUT2D eigenvalue weighted by atomic mass is 9.94. The number of Topliss-reactive ketones (excluding diaryl/α,β-unsaturated/α-hetero) is 1. The molecule has 1 unspecified atom stereocenters. The molecule has 1 aromatic heterocycles. The molecule has 2 atom stereocenters. The van der Waals surface area contributed by atoms with E-state index in [-0.39, 0.29) is 36.2 Å². The Kier molecular flexibility index (Phi) is 8.35. The molecule has 1 aromatic rings. The highest BCUT2D eigenvalue weighted by Gasteiger charge is 2.26. The molecular formula is C14H21Cl2N3O2S. The van der Waals surface area contributed by atoms with Crippen molar-refractivity contribution in [3.05, 3.63) is 21.3 Å². The molecule has 0 bridgehead atoms. The average molecular weight is 366 g/mol. The summed E-state index contributed by atoms with van der Waals surface area (Å²) in [5, 5.41) is 5.90. The summed E-state index contributed by atoms with van der Waals surface area (Å²) in [6, 6.07) is 3.36. The van der Waals surface area contributed by atoms with Gasteiger partial charge in [0.25, 0.3) is 5.91 Å². The van der Waals surface area contributed by atoms with E-state index in [2.05, 4.69) is 10.6 Å². The third-order valence-electron chi connectivity index (χ3n) is 3.62. The summed E-state index contributed by atoms with van der Waals surface area (Å²) < 4.78 is 0.576. The standard InChI is InChI=1S/C14H20ClN3O2S.ClH/c15-12-5-4-11(21-12)14(20)18-8-6-10(19)9-3-1-2-7-17-13(9)16;/h4-5,9,13,17H,1-3,6-8,16H2,(H,18,20);1H/t9-,13?;/m1./s1. The lowest BCUT2D eigenvalue weighted by Gasteiger charge is -2.20. The van der Waals surface area contributed by atoms with Crippen LogP contribution in [0.5, 0.6) is 0 Å². The van der Waals surface area contributed by atoms with Crippen LogP contribution < -0.4 is 16.4 Å². The van der Waals surface area contributed by atoms with E-state index < -0.39 is 0 Å². The molecule has 1 saturated heterocycles. The molecule has 0 aliphatic carbocycles.